The summed E-state index contributed by atoms with van der Waals surface area (Å²) in [5, 5.41) is 11.0. The van der Waals surface area contributed by atoms with E-state index in [1.54, 1.807) is 6.92 Å². The van der Waals surface area contributed by atoms with Crippen molar-refractivity contribution in [1.29, 1.82) is 0 Å². The summed E-state index contributed by atoms with van der Waals surface area (Å²) in [6.45, 7) is 1.89. The van der Waals surface area contributed by atoms with Crippen LogP contribution in [-0.2, 0) is 19.1 Å². The molecular weight excluding hydrogens is 226 g/mol. The molecule has 0 unspecified atom stereocenters. The van der Waals surface area contributed by atoms with Crippen molar-refractivity contribution >= 4 is 17.8 Å². The van der Waals surface area contributed by atoms with Crippen molar-refractivity contribution in [2.45, 2.75) is 32.2 Å². The van der Waals surface area contributed by atoms with Crippen LogP contribution >= 0.6 is 0 Å². The van der Waals surface area contributed by atoms with Gasteiger partial charge in [0.05, 0.1) is 13.0 Å². The second kappa shape index (κ2) is 8.16. The van der Waals surface area contributed by atoms with Gasteiger partial charge in [0.1, 0.15) is 6.04 Å². The molecule has 0 saturated heterocycles. The van der Waals surface area contributed by atoms with E-state index in [2.05, 4.69) is 16.0 Å². The molecule has 1 amide bonds. The highest BCUT2D eigenvalue weighted by Gasteiger charge is 2.20. The summed E-state index contributed by atoms with van der Waals surface area (Å²) in [6.07, 6.45) is 4.63. The largest absolute Gasteiger partial charge is 0.480 e. The van der Waals surface area contributed by atoms with Gasteiger partial charge in [-0.25, -0.2) is 4.79 Å². The number of carbonyl (C=O) groups excluding carboxylic acids is 2. The van der Waals surface area contributed by atoms with Crippen molar-refractivity contribution in [3.05, 3.63) is 0 Å². The third kappa shape index (κ3) is 6.95. The minimum absolute atomic E-state index is 0.0233. The molecule has 1 atom stereocenters. The van der Waals surface area contributed by atoms with E-state index in [4.69, 9.17) is 11.5 Å². The number of carboxylic acid groups (broad SMARTS) is 1. The average Bonchev–Trinajstić information content (AvgIpc) is 2.24. The van der Waals surface area contributed by atoms with E-state index in [1.807, 2.05) is 0 Å². The Bertz CT molecular complexity index is 331. The summed E-state index contributed by atoms with van der Waals surface area (Å²) >= 11 is 0. The highest BCUT2D eigenvalue weighted by molar-refractivity contribution is 5.85. The number of nitrogens with one attached hydrogen (secondary N) is 1. The minimum atomic E-state index is -1.21. The monoisotopic (exact) mass is 241 g/mol. The number of rotatable bonds is 7. The Hall–Kier alpha value is -2.03. The molecule has 0 rings (SSSR count). The molecule has 0 aromatic heterocycles. The van der Waals surface area contributed by atoms with Crippen molar-refractivity contribution in [3.8, 4) is 12.3 Å². The fraction of sp³-hybridized carbons (Fsp3) is 0.545. The van der Waals surface area contributed by atoms with Crippen LogP contribution in [0.2, 0.25) is 0 Å². The quantitative estimate of drug-likeness (QED) is 0.480. The molecule has 0 heterocycles. The van der Waals surface area contributed by atoms with E-state index in [0.717, 1.165) is 0 Å². The van der Waals surface area contributed by atoms with E-state index in [1.165, 1.54) is 0 Å². The van der Waals surface area contributed by atoms with Crippen LogP contribution in [0, 0.1) is 12.3 Å². The van der Waals surface area contributed by atoms with Gasteiger partial charge >= 0.3 is 11.9 Å². The molecule has 2 N–H and O–H groups in total. The molecule has 0 radical (unpaired) electrons. The number of esters is 1. The fourth-order valence-electron chi connectivity index (χ4n) is 1.09. The van der Waals surface area contributed by atoms with E-state index < -0.39 is 23.9 Å². The maximum absolute atomic E-state index is 11.1. The zero-order valence-electron chi connectivity index (χ0n) is 9.56. The summed E-state index contributed by atoms with van der Waals surface area (Å²) in [6, 6.07) is -1.12. The number of hydrogen-bond acceptors (Lipinski definition) is 4. The molecule has 0 saturated carbocycles. The van der Waals surface area contributed by atoms with Crippen molar-refractivity contribution < 1.29 is 24.2 Å². The van der Waals surface area contributed by atoms with Crippen LogP contribution in [0.15, 0.2) is 0 Å². The molecule has 6 heteroatoms. The second-order valence-corrected chi connectivity index (χ2v) is 3.18. The summed E-state index contributed by atoms with van der Waals surface area (Å²) in [5.74, 6) is -0.156. The third-order valence-corrected chi connectivity index (χ3v) is 1.84. The number of carbonyl (C=O) groups is 3. The van der Waals surface area contributed by atoms with Crippen molar-refractivity contribution in [2.75, 3.05) is 6.61 Å². The van der Waals surface area contributed by atoms with Crippen LogP contribution in [0.1, 0.15) is 26.2 Å². The fourth-order valence-corrected chi connectivity index (χ4v) is 1.09. The molecule has 17 heavy (non-hydrogen) atoms. The van der Waals surface area contributed by atoms with Gasteiger partial charge in [0, 0.05) is 6.42 Å². The predicted molar refractivity (Wildman–Crippen MR) is 58.9 cm³/mol. The summed E-state index contributed by atoms with van der Waals surface area (Å²) in [4.78, 5) is 32.9. The molecule has 94 valence electrons. The number of terminal acetylenes is 1. The van der Waals surface area contributed by atoms with Gasteiger partial charge in [-0.3, -0.25) is 9.59 Å². The maximum atomic E-state index is 11.1. The smallest absolute Gasteiger partial charge is 0.326 e. The van der Waals surface area contributed by atoms with Gasteiger partial charge in [-0.1, -0.05) is 5.92 Å². The van der Waals surface area contributed by atoms with Gasteiger partial charge in [-0.05, 0) is 13.3 Å². The number of ether oxygens (including phenoxy) is 1. The Morgan fingerprint density at radius 3 is 2.59 bits per heavy atom. The number of carboxylic acids is 1. The highest BCUT2D eigenvalue weighted by atomic mass is 16.5. The maximum Gasteiger partial charge on any atom is 0.326 e. The lowest BCUT2D eigenvalue weighted by Gasteiger charge is -2.13. The molecule has 0 fully saturated rings. The highest BCUT2D eigenvalue weighted by Crippen LogP contribution is 2.00. The Morgan fingerprint density at radius 1 is 1.47 bits per heavy atom. The molecule has 0 aliphatic rings. The first-order chi connectivity index (χ1) is 8.01. The van der Waals surface area contributed by atoms with Crippen molar-refractivity contribution in [3.63, 3.8) is 0 Å². The van der Waals surface area contributed by atoms with Crippen LogP contribution in [0.25, 0.3) is 0 Å². The van der Waals surface area contributed by atoms with E-state index in [-0.39, 0.29) is 25.9 Å². The number of aliphatic carboxylic acids is 1. The first-order valence-electron chi connectivity index (χ1n) is 5.12. The number of amides is 1. The zero-order valence-corrected chi connectivity index (χ0v) is 9.56. The molecule has 0 aliphatic carbocycles. The van der Waals surface area contributed by atoms with E-state index >= 15 is 0 Å². The van der Waals surface area contributed by atoms with Crippen LogP contribution in [0.5, 0.6) is 0 Å². The van der Waals surface area contributed by atoms with Gasteiger partial charge < -0.3 is 15.2 Å². The summed E-state index contributed by atoms with van der Waals surface area (Å²) < 4.78 is 4.65. The molecule has 0 aliphatic heterocycles. The van der Waals surface area contributed by atoms with Gasteiger partial charge in [0.15, 0.2) is 0 Å². The first kappa shape index (κ1) is 15.0. The van der Waals surface area contributed by atoms with E-state index in [9.17, 15) is 14.4 Å². The topological polar surface area (TPSA) is 92.7 Å². The van der Waals surface area contributed by atoms with Gasteiger partial charge in [0.2, 0.25) is 5.91 Å². The SMILES string of the molecule is C#CCC(=O)N[C@@H](CCC(=O)OCC)C(=O)O. The molecule has 0 aromatic rings. The normalized spacial score (nSPS) is 11.1. The Labute approximate surface area is 99.3 Å². The van der Waals surface area contributed by atoms with Crippen LogP contribution in [0.3, 0.4) is 0 Å². The Kier molecular flexibility index (Phi) is 7.19. The lowest BCUT2D eigenvalue weighted by Crippen LogP contribution is -2.40. The first-order valence-corrected chi connectivity index (χ1v) is 5.12. The molecule has 0 bridgehead atoms. The molecule has 0 spiro atoms. The van der Waals surface area contributed by atoms with Crippen LogP contribution in [-0.4, -0.2) is 35.6 Å². The summed E-state index contributed by atoms with van der Waals surface area (Å²) in [7, 11) is 0. The zero-order chi connectivity index (χ0) is 13.3. The van der Waals surface area contributed by atoms with Crippen molar-refractivity contribution in [2.24, 2.45) is 0 Å². The van der Waals surface area contributed by atoms with Crippen LogP contribution < -0.4 is 5.32 Å². The second-order valence-electron chi connectivity index (χ2n) is 3.18. The van der Waals surface area contributed by atoms with Gasteiger partial charge in [-0.15, -0.1) is 6.42 Å². The minimum Gasteiger partial charge on any atom is -0.480 e. The summed E-state index contributed by atoms with van der Waals surface area (Å²) in [5.41, 5.74) is 0. The third-order valence-electron chi connectivity index (χ3n) is 1.84. The predicted octanol–water partition coefficient (Wildman–Crippen LogP) is -0.0776. The van der Waals surface area contributed by atoms with E-state index in [0.29, 0.717) is 0 Å². The van der Waals surface area contributed by atoms with Crippen LogP contribution in [0.4, 0.5) is 0 Å². The lowest BCUT2D eigenvalue weighted by atomic mass is 10.1. The number of hydrogen-bond donors (Lipinski definition) is 2. The van der Waals surface area contributed by atoms with Gasteiger partial charge in [0.25, 0.3) is 0 Å². The molecular formula is C11H15NO5. The Balaban J connectivity index is 4.17. The standard InChI is InChI=1S/C11H15NO5/c1-3-5-9(13)12-8(11(15)16)6-7-10(14)17-4-2/h1,8H,4-7H2,2H3,(H,12,13)(H,15,16)/t8-/m0/s1. The van der Waals surface area contributed by atoms with Crippen molar-refractivity contribution in [1.82, 2.24) is 5.32 Å². The Morgan fingerprint density at radius 2 is 2.12 bits per heavy atom. The molecule has 0 aromatic carbocycles. The molecule has 6 nitrogen and oxygen atoms in total. The average molecular weight is 241 g/mol. The lowest BCUT2D eigenvalue weighted by molar-refractivity contribution is -0.145. The van der Waals surface area contributed by atoms with Gasteiger partial charge in [-0.2, -0.15) is 0 Å².